The monoisotopic (exact) mass is 484 g/mol. The van der Waals surface area contributed by atoms with Crippen molar-refractivity contribution in [1.29, 1.82) is 0 Å². The van der Waals surface area contributed by atoms with Gasteiger partial charge in [-0.1, -0.05) is 35.9 Å². The number of benzene rings is 3. The summed E-state index contributed by atoms with van der Waals surface area (Å²) in [5, 5.41) is 16.3. The van der Waals surface area contributed by atoms with Gasteiger partial charge in [0, 0.05) is 45.6 Å². The normalized spacial score (nSPS) is 11.1. The number of nitrogens with one attached hydrogen (secondary N) is 2. The van der Waals surface area contributed by atoms with E-state index in [9.17, 15) is 14.9 Å². The SMILES string of the molecule is O=C(CCCc1c(-c2ccc3ccccc3n2)[nH]c2ccc(Cl)cc12)Nc1ccc([N+](=O)[O-])cc1. The second-order valence-electron chi connectivity index (χ2n) is 8.26. The van der Waals surface area contributed by atoms with E-state index in [-0.39, 0.29) is 11.6 Å². The van der Waals surface area contributed by atoms with Crippen molar-refractivity contribution in [3.05, 3.63) is 99.6 Å². The number of carbonyl (C=O) groups excluding carboxylic acids is 1. The lowest BCUT2D eigenvalue weighted by Gasteiger charge is -2.08. The summed E-state index contributed by atoms with van der Waals surface area (Å²) in [6, 6.07) is 23.6. The standard InChI is InChI=1S/C27H21ClN4O3/c28-18-9-15-24-22(16-18)21(27(31-24)25-14-8-17-4-1-2-6-23(17)30-25)5-3-7-26(33)29-19-10-12-20(13-11-19)32(34)35/h1-2,4,6,8-16,31H,3,5,7H2,(H,29,33). The highest BCUT2D eigenvalue weighted by Crippen LogP contribution is 2.33. The number of aryl methyl sites for hydroxylation is 1. The number of nitro benzene ring substituents is 1. The van der Waals surface area contributed by atoms with Gasteiger partial charge in [0.05, 0.1) is 21.8 Å². The highest BCUT2D eigenvalue weighted by Gasteiger charge is 2.16. The van der Waals surface area contributed by atoms with Crippen LogP contribution >= 0.6 is 11.6 Å². The second-order valence-corrected chi connectivity index (χ2v) is 8.70. The first-order chi connectivity index (χ1) is 17.0. The van der Waals surface area contributed by atoms with Crippen molar-refractivity contribution >= 4 is 50.7 Å². The van der Waals surface area contributed by atoms with Crippen LogP contribution in [0.1, 0.15) is 18.4 Å². The molecule has 0 aliphatic heterocycles. The summed E-state index contributed by atoms with van der Waals surface area (Å²) in [7, 11) is 0. The topological polar surface area (TPSA) is 101 Å². The van der Waals surface area contributed by atoms with Crippen LogP contribution in [0.5, 0.6) is 0 Å². The quantitative estimate of drug-likeness (QED) is 0.193. The van der Waals surface area contributed by atoms with Crippen LogP contribution in [0, 0.1) is 10.1 Å². The number of hydrogen-bond acceptors (Lipinski definition) is 4. The minimum atomic E-state index is -0.471. The minimum Gasteiger partial charge on any atom is -0.353 e. The van der Waals surface area contributed by atoms with E-state index in [0.29, 0.717) is 30.0 Å². The number of carbonyl (C=O) groups is 1. The number of anilines is 1. The number of fused-ring (bicyclic) bond motifs is 2. The molecule has 0 aliphatic carbocycles. The summed E-state index contributed by atoms with van der Waals surface area (Å²) in [6.07, 6.45) is 1.56. The largest absolute Gasteiger partial charge is 0.353 e. The van der Waals surface area contributed by atoms with Gasteiger partial charge in [-0.15, -0.1) is 0 Å². The smallest absolute Gasteiger partial charge is 0.269 e. The molecule has 0 atom stereocenters. The third-order valence-corrected chi connectivity index (χ3v) is 6.15. The zero-order chi connectivity index (χ0) is 24.4. The first kappa shape index (κ1) is 22.6. The van der Waals surface area contributed by atoms with Gasteiger partial charge in [-0.05, 0) is 60.9 Å². The predicted octanol–water partition coefficient (Wildman–Crippen LogP) is 6.91. The van der Waals surface area contributed by atoms with Crippen LogP contribution in [0.15, 0.2) is 78.9 Å². The molecule has 7 nitrogen and oxygen atoms in total. The van der Waals surface area contributed by atoms with E-state index >= 15 is 0 Å². The van der Waals surface area contributed by atoms with Gasteiger partial charge in [-0.3, -0.25) is 14.9 Å². The minimum absolute atomic E-state index is 0.0178. The molecule has 8 heteroatoms. The summed E-state index contributed by atoms with van der Waals surface area (Å²) >= 11 is 6.29. The molecular formula is C27H21ClN4O3. The number of H-pyrrole nitrogens is 1. The average molecular weight is 485 g/mol. The van der Waals surface area contributed by atoms with Crippen molar-refractivity contribution in [3.8, 4) is 11.4 Å². The van der Waals surface area contributed by atoms with Crippen molar-refractivity contribution in [2.24, 2.45) is 0 Å². The zero-order valence-electron chi connectivity index (χ0n) is 18.6. The van der Waals surface area contributed by atoms with Crippen molar-refractivity contribution in [2.45, 2.75) is 19.3 Å². The lowest BCUT2D eigenvalue weighted by Crippen LogP contribution is -2.11. The Balaban J connectivity index is 1.36. The molecule has 0 unspecified atom stereocenters. The van der Waals surface area contributed by atoms with Gasteiger partial charge in [0.15, 0.2) is 0 Å². The molecule has 0 fully saturated rings. The first-order valence-electron chi connectivity index (χ1n) is 11.2. The Morgan fingerprint density at radius 1 is 1.03 bits per heavy atom. The molecule has 1 amide bonds. The van der Waals surface area contributed by atoms with Crippen molar-refractivity contribution in [1.82, 2.24) is 9.97 Å². The maximum absolute atomic E-state index is 12.5. The Bertz CT molecular complexity index is 1560. The van der Waals surface area contributed by atoms with Crippen LogP contribution in [0.4, 0.5) is 11.4 Å². The lowest BCUT2D eigenvalue weighted by atomic mass is 10.0. The highest BCUT2D eigenvalue weighted by molar-refractivity contribution is 6.31. The Morgan fingerprint density at radius 3 is 2.63 bits per heavy atom. The Kier molecular flexibility index (Phi) is 6.16. The molecule has 0 saturated heterocycles. The van der Waals surface area contributed by atoms with Crippen LogP contribution < -0.4 is 5.32 Å². The molecule has 5 aromatic rings. The maximum Gasteiger partial charge on any atom is 0.269 e. The van der Waals surface area contributed by atoms with E-state index in [4.69, 9.17) is 16.6 Å². The summed E-state index contributed by atoms with van der Waals surface area (Å²) in [5.74, 6) is -0.151. The number of aromatic amines is 1. The Morgan fingerprint density at radius 2 is 1.83 bits per heavy atom. The van der Waals surface area contributed by atoms with E-state index < -0.39 is 4.92 Å². The molecule has 0 bridgehead atoms. The molecule has 0 radical (unpaired) electrons. The number of para-hydroxylation sites is 1. The summed E-state index contributed by atoms with van der Waals surface area (Å²) in [5.41, 5.74) is 5.20. The van der Waals surface area contributed by atoms with Crippen LogP contribution in [0.25, 0.3) is 33.2 Å². The van der Waals surface area contributed by atoms with Gasteiger partial charge in [-0.2, -0.15) is 0 Å². The van der Waals surface area contributed by atoms with Crippen LogP contribution in [-0.2, 0) is 11.2 Å². The molecule has 0 saturated carbocycles. The molecule has 5 rings (SSSR count). The highest BCUT2D eigenvalue weighted by atomic mass is 35.5. The molecule has 174 valence electrons. The Hall–Kier alpha value is -4.23. The number of nitrogens with zero attached hydrogens (tertiary/aromatic N) is 2. The molecule has 0 aliphatic rings. The predicted molar refractivity (Wildman–Crippen MR) is 139 cm³/mol. The second kappa shape index (κ2) is 9.56. The first-order valence-corrected chi connectivity index (χ1v) is 11.6. The van der Waals surface area contributed by atoms with Crippen molar-refractivity contribution in [2.75, 3.05) is 5.32 Å². The maximum atomic E-state index is 12.5. The number of aromatic nitrogens is 2. The molecule has 35 heavy (non-hydrogen) atoms. The number of rotatable bonds is 7. The van der Waals surface area contributed by atoms with E-state index in [1.165, 1.54) is 24.3 Å². The number of pyridine rings is 1. The fraction of sp³-hybridized carbons (Fsp3) is 0.111. The van der Waals surface area contributed by atoms with Gasteiger partial charge < -0.3 is 10.3 Å². The molecular weight excluding hydrogens is 464 g/mol. The van der Waals surface area contributed by atoms with Gasteiger partial charge in [-0.25, -0.2) is 4.98 Å². The van der Waals surface area contributed by atoms with E-state index in [1.807, 2.05) is 48.5 Å². The summed E-state index contributed by atoms with van der Waals surface area (Å²) < 4.78 is 0. The van der Waals surface area contributed by atoms with Gasteiger partial charge in [0.2, 0.25) is 5.91 Å². The van der Waals surface area contributed by atoms with Crippen LogP contribution in [-0.4, -0.2) is 20.8 Å². The van der Waals surface area contributed by atoms with Crippen LogP contribution in [0.3, 0.4) is 0 Å². The number of hydrogen-bond donors (Lipinski definition) is 2. The summed E-state index contributed by atoms with van der Waals surface area (Å²) in [4.78, 5) is 31.2. The summed E-state index contributed by atoms with van der Waals surface area (Å²) in [6.45, 7) is 0. The van der Waals surface area contributed by atoms with Gasteiger partial charge >= 0.3 is 0 Å². The molecule has 2 aromatic heterocycles. The fourth-order valence-corrected chi connectivity index (χ4v) is 4.39. The van der Waals surface area contributed by atoms with Crippen molar-refractivity contribution < 1.29 is 9.72 Å². The number of halogens is 1. The fourth-order valence-electron chi connectivity index (χ4n) is 4.22. The third-order valence-electron chi connectivity index (χ3n) is 5.92. The third kappa shape index (κ3) is 4.85. The van der Waals surface area contributed by atoms with E-state index in [1.54, 1.807) is 0 Å². The molecule has 0 spiro atoms. The van der Waals surface area contributed by atoms with E-state index in [0.717, 1.165) is 38.8 Å². The molecule has 2 N–H and O–H groups in total. The number of nitro groups is 1. The van der Waals surface area contributed by atoms with E-state index in [2.05, 4.69) is 16.4 Å². The zero-order valence-corrected chi connectivity index (χ0v) is 19.4. The van der Waals surface area contributed by atoms with Crippen LogP contribution in [0.2, 0.25) is 5.02 Å². The van der Waals surface area contributed by atoms with Gasteiger partial charge in [0.25, 0.3) is 5.69 Å². The van der Waals surface area contributed by atoms with Crippen molar-refractivity contribution in [3.63, 3.8) is 0 Å². The number of non-ortho nitro benzene ring substituents is 1. The molecule has 2 heterocycles. The lowest BCUT2D eigenvalue weighted by molar-refractivity contribution is -0.384. The Labute approximate surface area is 205 Å². The molecule has 3 aromatic carbocycles. The number of amides is 1. The average Bonchev–Trinajstić information content (AvgIpc) is 3.21. The van der Waals surface area contributed by atoms with Gasteiger partial charge in [0.1, 0.15) is 0 Å².